The van der Waals surface area contributed by atoms with Crippen LogP contribution in [0.2, 0.25) is 0 Å². The van der Waals surface area contributed by atoms with Gasteiger partial charge in [-0.05, 0) is 49.7 Å². The Kier molecular flexibility index (Phi) is 7.64. The molecule has 1 amide bonds. The summed E-state index contributed by atoms with van der Waals surface area (Å²) in [4.78, 5) is 35.5. The van der Waals surface area contributed by atoms with Gasteiger partial charge in [-0.15, -0.1) is 0 Å². The fourth-order valence-electron chi connectivity index (χ4n) is 3.12. The number of aryl methyl sites for hydroxylation is 1. The van der Waals surface area contributed by atoms with Gasteiger partial charge in [0.2, 0.25) is 10.0 Å². The molecule has 0 aliphatic heterocycles. The molecule has 0 fully saturated rings. The Labute approximate surface area is 197 Å². The maximum absolute atomic E-state index is 12.5. The highest BCUT2D eigenvalue weighted by Crippen LogP contribution is 2.16. The van der Waals surface area contributed by atoms with Crippen LogP contribution in [-0.2, 0) is 27.8 Å². The van der Waals surface area contributed by atoms with E-state index >= 15 is 0 Å². The van der Waals surface area contributed by atoms with Crippen LogP contribution in [0.4, 0.5) is 0 Å². The third-order valence-electron chi connectivity index (χ3n) is 5.05. The third-order valence-corrected chi connectivity index (χ3v) is 6.47. The van der Waals surface area contributed by atoms with Gasteiger partial charge in [0.25, 0.3) is 5.91 Å². The Morgan fingerprint density at radius 3 is 2.15 bits per heavy atom. The second kappa shape index (κ2) is 10.4. The first-order valence-electron chi connectivity index (χ1n) is 10.3. The van der Waals surface area contributed by atoms with Gasteiger partial charge < -0.3 is 14.5 Å². The monoisotopic (exact) mass is 484 g/mol. The maximum atomic E-state index is 12.5. The molecule has 0 radical (unpaired) electrons. The van der Waals surface area contributed by atoms with Crippen molar-refractivity contribution in [1.82, 2.24) is 10.0 Å². The van der Waals surface area contributed by atoms with E-state index in [9.17, 15) is 22.8 Å². The SMILES string of the molecule is COC(=O)c1cc(CNC(=O)c2ccc(CNS(=O)(=O)c3ccc(C(C)=O)cc3)cc2)oc1C. The van der Waals surface area contributed by atoms with Crippen LogP contribution in [-0.4, -0.2) is 33.2 Å². The fourth-order valence-corrected chi connectivity index (χ4v) is 4.14. The largest absolute Gasteiger partial charge is 0.465 e. The molecular weight excluding hydrogens is 460 g/mol. The number of nitrogens with one attached hydrogen (secondary N) is 2. The van der Waals surface area contributed by atoms with E-state index in [-0.39, 0.29) is 29.7 Å². The molecule has 34 heavy (non-hydrogen) atoms. The first kappa shape index (κ1) is 24.9. The molecule has 0 atom stereocenters. The number of rotatable bonds is 9. The van der Waals surface area contributed by atoms with E-state index in [1.807, 2.05) is 0 Å². The van der Waals surface area contributed by atoms with Crippen molar-refractivity contribution < 1.29 is 32.0 Å². The summed E-state index contributed by atoms with van der Waals surface area (Å²) in [6.07, 6.45) is 0. The van der Waals surface area contributed by atoms with Crippen LogP contribution in [0, 0.1) is 6.92 Å². The van der Waals surface area contributed by atoms with Gasteiger partial charge in [0, 0.05) is 17.7 Å². The number of sulfonamides is 1. The molecule has 9 nitrogen and oxygen atoms in total. The van der Waals surface area contributed by atoms with Crippen molar-refractivity contribution in [2.24, 2.45) is 0 Å². The number of ether oxygens (including phenoxy) is 1. The average Bonchev–Trinajstić information content (AvgIpc) is 3.21. The van der Waals surface area contributed by atoms with Gasteiger partial charge in [-0.1, -0.05) is 24.3 Å². The molecule has 178 valence electrons. The molecule has 0 saturated carbocycles. The van der Waals surface area contributed by atoms with Crippen molar-refractivity contribution in [2.45, 2.75) is 31.8 Å². The number of ketones is 1. The summed E-state index contributed by atoms with van der Waals surface area (Å²) >= 11 is 0. The topological polar surface area (TPSA) is 132 Å². The second-order valence-corrected chi connectivity index (χ2v) is 9.23. The van der Waals surface area contributed by atoms with Gasteiger partial charge in [-0.25, -0.2) is 17.9 Å². The molecule has 2 aromatic carbocycles. The normalized spacial score (nSPS) is 11.1. The van der Waals surface area contributed by atoms with E-state index in [0.29, 0.717) is 33.8 Å². The molecule has 1 aromatic heterocycles. The van der Waals surface area contributed by atoms with Gasteiger partial charge in [-0.2, -0.15) is 0 Å². The maximum Gasteiger partial charge on any atom is 0.341 e. The summed E-state index contributed by atoms with van der Waals surface area (Å²) in [5.74, 6) is -0.206. The Morgan fingerprint density at radius 2 is 1.56 bits per heavy atom. The molecule has 1 heterocycles. The molecule has 0 spiro atoms. The lowest BCUT2D eigenvalue weighted by Crippen LogP contribution is -2.24. The van der Waals surface area contributed by atoms with Crippen LogP contribution in [0.1, 0.15) is 55.1 Å². The zero-order valence-electron chi connectivity index (χ0n) is 18.9. The summed E-state index contributed by atoms with van der Waals surface area (Å²) in [6.45, 7) is 3.15. The zero-order chi connectivity index (χ0) is 24.9. The number of hydrogen-bond acceptors (Lipinski definition) is 7. The van der Waals surface area contributed by atoms with Crippen LogP contribution in [0.25, 0.3) is 0 Å². The van der Waals surface area contributed by atoms with Crippen molar-refractivity contribution >= 4 is 27.7 Å². The van der Waals surface area contributed by atoms with Crippen LogP contribution >= 0.6 is 0 Å². The van der Waals surface area contributed by atoms with Crippen LogP contribution in [0.3, 0.4) is 0 Å². The Balaban J connectivity index is 1.56. The minimum Gasteiger partial charge on any atom is -0.465 e. The standard InChI is InChI=1S/C24H24N2O7S/c1-15(27)18-8-10-21(11-9-18)34(30,31)26-13-17-4-6-19(7-5-17)23(28)25-14-20-12-22(16(2)33-20)24(29)32-3/h4-12,26H,13-14H2,1-3H3,(H,25,28). The molecule has 0 bridgehead atoms. The number of amides is 1. The summed E-state index contributed by atoms with van der Waals surface area (Å²) in [5, 5.41) is 2.70. The zero-order valence-corrected chi connectivity index (χ0v) is 19.7. The number of furan rings is 1. The highest BCUT2D eigenvalue weighted by molar-refractivity contribution is 7.89. The van der Waals surface area contributed by atoms with Gasteiger partial charge >= 0.3 is 5.97 Å². The van der Waals surface area contributed by atoms with E-state index in [1.54, 1.807) is 31.2 Å². The molecule has 10 heteroatoms. The lowest BCUT2D eigenvalue weighted by Gasteiger charge is -2.08. The van der Waals surface area contributed by atoms with E-state index in [4.69, 9.17) is 4.42 Å². The third kappa shape index (κ3) is 5.97. The minimum atomic E-state index is -3.76. The first-order valence-corrected chi connectivity index (χ1v) is 11.7. The quantitative estimate of drug-likeness (QED) is 0.352. The average molecular weight is 485 g/mol. The number of carbonyl (C=O) groups is 3. The predicted octanol–water partition coefficient (Wildman–Crippen LogP) is 2.99. The number of methoxy groups -OCH3 is 1. The van der Waals surface area contributed by atoms with Gasteiger partial charge in [0.15, 0.2) is 5.78 Å². The summed E-state index contributed by atoms with van der Waals surface area (Å²) in [6, 6.07) is 13.6. The summed E-state index contributed by atoms with van der Waals surface area (Å²) < 4.78 is 37.6. The summed E-state index contributed by atoms with van der Waals surface area (Å²) in [5.41, 5.74) is 1.76. The van der Waals surface area contributed by atoms with Gasteiger partial charge in [-0.3, -0.25) is 9.59 Å². The van der Waals surface area contributed by atoms with Crippen LogP contribution in [0.15, 0.2) is 63.9 Å². The second-order valence-electron chi connectivity index (χ2n) is 7.46. The predicted molar refractivity (Wildman–Crippen MR) is 123 cm³/mol. The van der Waals surface area contributed by atoms with Crippen molar-refractivity contribution in [3.8, 4) is 0 Å². The van der Waals surface area contributed by atoms with E-state index in [0.717, 1.165) is 0 Å². The lowest BCUT2D eigenvalue weighted by molar-refractivity contribution is 0.0598. The smallest absolute Gasteiger partial charge is 0.341 e. The molecule has 3 rings (SSSR count). The van der Waals surface area contributed by atoms with Gasteiger partial charge in [0.05, 0.1) is 18.6 Å². The molecule has 2 N–H and O–H groups in total. The van der Waals surface area contributed by atoms with Crippen molar-refractivity contribution in [3.05, 3.63) is 88.4 Å². The molecule has 0 unspecified atom stereocenters. The highest BCUT2D eigenvalue weighted by atomic mass is 32.2. The highest BCUT2D eigenvalue weighted by Gasteiger charge is 2.17. The molecule has 0 saturated heterocycles. The van der Waals surface area contributed by atoms with Crippen LogP contribution in [0.5, 0.6) is 0 Å². The molecule has 3 aromatic rings. The number of Topliss-reactive ketones (excluding diaryl/α,β-unsaturated/α-hetero) is 1. The Hall–Kier alpha value is -3.76. The van der Waals surface area contributed by atoms with Gasteiger partial charge in [0.1, 0.15) is 17.1 Å². The molecule has 0 aliphatic carbocycles. The fraction of sp³-hybridized carbons (Fsp3) is 0.208. The lowest BCUT2D eigenvalue weighted by atomic mass is 10.1. The van der Waals surface area contributed by atoms with Crippen molar-refractivity contribution in [2.75, 3.05) is 7.11 Å². The Morgan fingerprint density at radius 1 is 0.941 bits per heavy atom. The van der Waals surface area contributed by atoms with Crippen molar-refractivity contribution in [1.29, 1.82) is 0 Å². The number of carbonyl (C=O) groups excluding carboxylic acids is 3. The first-order chi connectivity index (χ1) is 16.1. The van der Waals surface area contributed by atoms with E-state index in [1.165, 1.54) is 44.4 Å². The molecular formula is C24H24N2O7S. The Bertz CT molecular complexity index is 1310. The number of esters is 1. The minimum absolute atomic E-state index is 0.0284. The summed E-state index contributed by atoms with van der Waals surface area (Å²) in [7, 11) is -2.48. The van der Waals surface area contributed by atoms with Crippen molar-refractivity contribution in [3.63, 3.8) is 0 Å². The van der Waals surface area contributed by atoms with Crippen LogP contribution < -0.4 is 10.0 Å². The van der Waals surface area contributed by atoms with E-state index < -0.39 is 16.0 Å². The molecule has 0 aliphatic rings. The van der Waals surface area contributed by atoms with E-state index in [2.05, 4.69) is 14.8 Å². The number of hydrogen-bond donors (Lipinski definition) is 2. The number of benzene rings is 2.